The number of nitro benzene ring substituents is 1. The molecule has 1 aliphatic rings. The Morgan fingerprint density at radius 1 is 1.15 bits per heavy atom. The Labute approximate surface area is 198 Å². The second-order valence-corrected chi connectivity index (χ2v) is 7.27. The van der Waals surface area contributed by atoms with Crippen molar-refractivity contribution in [1.82, 2.24) is 9.88 Å². The fraction of sp³-hybridized carbons (Fsp3) is 0.143. The monoisotopic (exact) mass is 489 g/mol. The number of amidine groups is 1. The van der Waals surface area contributed by atoms with E-state index in [1.165, 1.54) is 18.2 Å². The Kier molecular flexibility index (Phi) is 7.41. The lowest BCUT2D eigenvalue weighted by molar-refractivity contribution is -0.414. The Morgan fingerprint density at radius 2 is 1.94 bits per heavy atom. The van der Waals surface area contributed by atoms with E-state index in [0.29, 0.717) is 24.8 Å². The average molecular weight is 490 g/mol. The third-order valence-electron chi connectivity index (χ3n) is 4.79. The van der Waals surface area contributed by atoms with Crippen molar-refractivity contribution in [3.63, 3.8) is 0 Å². The lowest BCUT2D eigenvalue weighted by atomic mass is 10.1. The highest BCUT2D eigenvalue weighted by Crippen LogP contribution is 2.31. The summed E-state index contributed by atoms with van der Waals surface area (Å²) in [6.45, 7) is 1.32. The van der Waals surface area contributed by atoms with Gasteiger partial charge in [0.1, 0.15) is 16.7 Å². The van der Waals surface area contributed by atoms with Gasteiger partial charge in [-0.2, -0.15) is 0 Å². The molecule has 0 aliphatic carbocycles. The van der Waals surface area contributed by atoms with Crippen molar-refractivity contribution in [3.05, 3.63) is 97.1 Å². The molecule has 12 heteroatoms. The van der Waals surface area contributed by atoms with Crippen LogP contribution in [0.15, 0.2) is 69.8 Å². The maximum Gasteiger partial charge on any atom is 0.314 e. The predicted molar refractivity (Wildman–Crippen MR) is 125 cm³/mol. The third-order valence-corrected chi connectivity index (χ3v) is 5.01. The van der Waals surface area contributed by atoms with E-state index in [1.54, 1.807) is 47.5 Å². The highest BCUT2D eigenvalue weighted by molar-refractivity contribution is 6.29. The number of hydrogen-bond acceptors (Lipinski definition) is 8. The van der Waals surface area contributed by atoms with E-state index in [-0.39, 0.29) is 46.7 Å². The maximum atomic E-state index is 11.8. The summed E-state index contributed by atoms with van der Waals surface area (Å²) in [5.74, 6) is 0.657. The second kappa shape index (κ2) is 10.2. The van der Waals surface area contributed by atoms with Gasteiger partial charge in [0.25, 0.3) is 5.69 Å². The van der Waals surface area contributed by atoms with Crippen LogP contribution >= 0.6 is 24.0 Å². The number of aromatic nitrogens is 1. The van der Waals surface area contributed by atoms with Crippen LogP contribution in [-0.2, 0) is 6.54 Å². The quantitative estimate of drug-likeness (QED) is 0.263. The van der Waals surface area contributed by atoms with Gasteiger partial charge < -0.3 is 9.32 Å². The largest absolute Gasteiger partial charge is 0.456 e. The van der Waals surface area contributed by atoms with Gasteiger partial charge in [0, 0.05) is 25.4 Å². The Bertz CT molecular complexity index is 1240. The third kappa shape index (κ3) is 5.36. The first-order valence-corrected chi connectivity index (χ1v) is 9.90. The summed E-state index contributed by atoms with van der Waals surface area (Å²) < 4.78 is 5.68. The van der Waals surface area contributed by atoms with Gasteiger partial charge >= 0.3 is 5.70 Å². The SMILES string of the molecule is Cl.O=[N+]([O-])/C(=C/c1ccc(-c2ccccc2[N+](=O)[O-])o1)C1=NCCN1Cc1ccc(Cl)nc1. The molecule has 0 bridgehead atoms. The van der Waals surface area contributed by atoms with Crippen molar-refractivity contribution in [2.45, 2.75) is 6.54 Å². The van der Waals surface area contributed by atoms with Crippen LogP contribution in [0, 0.1) is 20.2 Å². The molecule has 170 valence electrons. The average Bonchev–Trinajstić information content (AvgIpc) is 3.43. The topological polar surface area (TPSA) is 128 Å². The molecule has 0 saturated carbocycles. The molecule has 0 N–H and O–H groups in total. The molecule has 3 heterocycles. The van der Waals surface area contributed by atoms with Gasteiger partial charge in [-0.25, -0.2) is 4.98 Å². The summed E-state index contributed by atoms with van der Waals surface area (Å²) in [6.07, 6.45) is 2.88. The lowest BCUT2D eigenvalue weighted by Crippen LogP contribution is -2.30. The van der Waals surface area contributed by atoms with Crippen LogP contribution in [-0.4, -0.2) is 38.7 Å². The zero-order valence-electron chi connectivity index (χ0n) is 17.0. The maximum absolute atomic E-state index is 11.8. The molecule has 0 fully saturated rings. The lowest BCUT2D eigenvalue weighted by Gasteiger charge is -2.18. The van der Waals surface area contributed by atoms with Gasteiger partial charge in [0.15, 0.2) is 0 Å². The molecule has 0 saturated heterocycles. The zero-order chi connectivity index (χ0) is 22.7. The van der Waals surface area contributed by atoms with Crippen LogP contribution in [0.4, 0.5) is 5.69 Å². The van der Waals surface area contributed by atoms with Crippen molar-refractivity contribution in [3.8, 4) is 11.3 Å². The van der Waals surface area contributed by atoms with Crippen LogP contribution in [0.1, 0.15) is 11.3 Å². The van der Waals surface area contributed by atoms with Gasteiger partial charge in [-0.05, 0) is 29.8 Å². The van der Waals surface area contributed by atoms with Gasteiger partial charge in [-0.3, -0.25) is 25.2 Å². The molecular formula is C21H17Cl2N5O5. The summed E-state index contributed by atoms with van der Waals surface area (Å²) in [6, 6.07) is 12.7. The highest BCUT2D eigenvalue weighted by atomic mass is 35.5. The van der Waals surface area contributed by atoms with Crippen molar-refractivity contribution in [2.75, 3.05) is 13.1 Å². The molecule has 1 aliphatic heterocycles. The molecule has 2 aromatic heterocycles. The van der Waals surface area contributed by atoms with Crippen molar-refractivity contribution in [1.29, 1.82) is 0 Å². The molecule has 0 amide bonds. The van der Waals surface area contributed by atoms with E-state index < -0.39 is 9.85 Å². The minimum Gasteiger partial charge on any atom is -0.456 e. The first kappa shape index (κ1) is 23.9. The Morgan fingerprint density at radius 3 is 2.64 bits per heavy atom. The number of pyridine rings is 1. The van der Waals surface area contributed by atoms with Crippen molar-refractivity contribution in [2.24, 2.45) is 4.99 Å². The summed E-state index contributed by atoms with van der Waals surface area (Å²) in [4.78, 5) is 32.2. The van der Waals surface area contributed by atoms with Crippen LogP contribution < -0.4 is 0 Å². The Balaban J connectivity index is 0.00000306. The number of furan rings is 1. The van der Waals surface area contributed by atoms with Crippen molar-refractivity contribution >= 4 is 41.6 Å². The number of hydrogen-bond donors (Lipinski definition) is 0. The molecule has 33 heavy (non-hydrogen) atoms. The van der Waals surface area contributed by atoms with Crippen LogP contribution in [0.3, 0.4) is 0 Å². The van der Waals surface area contributed by atoms with Gasteiger partial charge in [0.2, 0.25) is 5.84 Å². The normalized spacial score (nSPS) is 13.4. The minimum absolute atomic E-state index is 0. The summed E-state index contributed by atoms with van der Waals surface area (Å²) >= 11 is 5.82. The van der Waals surface area contributed by atoms with Gasteiger partial charge in [0.05, 0.1) is 28.0 Å². The number of para-hydroxylation sites is 1. The number of aliphatic imine (C=N–C) groups is 1. The van der Waals surface area contributed by atoms with E-state index in [2.05, 4.69) is 9.98 Å². The summed E-state index contributed by atoms with van der Waals surface area (Å²) in [5.41, 5.74) is 0.779. The van der Waals surface area contributed by atoms with E-state index in [9.17, 15) is 20.2 Å². The zero-order valence-corrected chi connectivity index (χ0v) is 18.5. The van der Waals surface area contributed by atoms with Crippen LogP contribution in [0.2, 0.25) is 5.15 Å². The fourth-order valence-electron chi connectivity index (χ4n) is 3.35. The first-order valence-electron chi connectivity index (χ1n) is 9.52. The molecule has 1 aromatic carbocycles. The molecule has 0 radical (unpaired) electrons. The first-order chi connectivity index (χ1) is 15.4. The number of halogens is 2. The van der Waals surface area contributed by atoms with Gasteiger partial charge in [-0.15, -0.1) is 12.4 Å². The number of nitrogens with zero attached hydrogens (tertiary/aromatic N) is 5. The van der Waals surface area contributed by atoms with E-state index in [1.807, 2.05) is 0 Å². The molecule has 0 atom stereocenters. The fourth-order valence-corrected chi connectivity index (χ4v) is 3.46. The van der Waals surface area contributed by atoms with E-state index in [0.717, 1.165) is 5.56 Å². The van der Waals surface area contributed by atoms with Crippen LogP contribution in [0.5, 0.6) is 0 Å². The number of rotatable bonds is 7. The number of nitro groups is 2. The summed E-state index contributed by atoms with van der Waals surface area (Å²) in [7, 11) is 0. The smallest absolute Gasteiger partial charge is 0.314 e. The molecule has 4 rings (SSSR count). The molecular weight excluding hydrogens is 473 g/mol. The molecule has 3 aromatic rings. The Hall–Kier alpha value is -3.76. The van der Waals surface area contributed by atoms with Crippen LogP contribution in [0.25, 0.3) is 17.4 Å². The second-order valence-electron chi connectivity index (χ2n) is 6.88. The molecule has 10 nitrogen and oxygen atoms in total. The van der Waals surface area contributed by atoms with E-state index in [4.69, 9.17) is 16.0 Å². The molecule has 0 spiro atoms. The number of benzene rings is 1. The summed E-state index contributed by atoms with van der Waals surface area (Å²) in [5, 5.41) is 23.5. The highest BCUT2D eigenvalue weighted by Gasteiger charge is 2.29. The van der Waals surface area contributed by atoms with Crippen molar-refractivity contribution < 1.29 is 14.3 Å². The predicted octanol–water partition coefficient (Wildman–Crippen LogP) is 4.86. The standard InChI is InChI=1S/C21H16ClN5O5.ClH/c22-20-8-5-14(12-24-20)13-25-10-9-23-21(25)18(27(30)31)11-15-6-7-19(32-15)16-3-1-2-4-17(16)26(28)29;/h1-8,11-12H,9-10,13H2;1H/b18-11+;. The molecule has 0 unspecified atom stereocenters. The minimum atomic E-state index is -0.523. The van der Waals surface area contributed by atoms with Gasteiger partial charge in [-0.1, -0.05) is 29.8 Å². The van der Waals surface area contributed by atoms with E-state index >= 15 is 0 Å².